The van der Waals surface area contributed by atoms with Crippen molar-refractivity contribution in [1.29, 1.82) is 0 Å². The van der Waals surface area contributed by atoms with Gasteiger partial charge >= 0.3 is 0 Å². The third kappa shape index (κ3) is 11.2. The van der Waals surface area contributed by atoms with Crippen molar-refractivity contribution in [1.82, 2.24) is 30.2 Å². The lowest BCUT2D eigenvalue weighted by molar-refractivity contribution is -0.134. The molecule has 2 aromatic heterocycles. The number of rotatable bonds is 15. The van der Waals surface area contributed by atoms with Crippen molar-refractivity contribution in [2.24, 2.45) is 5.92 Å². The van der Waals surface area contributed by atoms with Crippen LogP contribution in [0.2, 0.25) is 0 Å². The van der Waals surface area contributed by atoms with Crippen LogP contribution in [0.3, 0.4) is 0 Å². The maximum Gasteiger partial charge on any atom is 0.238 e. The van der Waals surface area contributed by atoms with Crippen LogP contribution >= 0.6 is 0 Å². The molecule has 0 bridgehead atoms. The van der Waals surface area contributed by atoms with Gasteiger partial charge in [-0.1, -0.05) is 62.4 Å². The Kier molecular flexibility index (Phi) is 13.6. The number of fused-ring (bicyclic) bond motifs is 1. The van der Waals surface area contributed by atoms with E-state index in [1.807, 2.05) is 112 Å². The summed E-state index contributed by atoms with van der Waals surface area (Å²) in [6.07, 6.45) is 3.79. The number of para-hydroxylation sites is 1. The first-order chi connectivity index (χ1) is 24.9. The average molecular weight is 729 g/mol. The molecule has 52 heavy (non-hydrogen) atoms. The summed E-state index contributed by atoms with van der Waals surface area (Å²) in [6.45, 7) is 10.7. The van der Waals surface area contributed by atoms with Gasteiger partial charge in [-0.15, -0.1) is 0 Å². The molecule has 5 rings (SSSR count). The Bertz CT molecular complexity index is 1790. The molecule has 3 heterocycles. The summed E-state index contributed by atoms with van der Waals surface area (Å²) in [6, 6.07) is 22.5. The van der Waals surface area contributed by atoms with Gasteiger partial charge in [-0.25, -0.2) is 13.9 Å². The third-order valence-electron chi connectivity index (χ3n) is 9.16. The monoisotopic (exact) mass is 728 g/mol. The lowest BCUT2D eigenvalue weighted by atomic mass is 9.94. The molecule has 1 aliphatic heterocycles. The van der Waals surface area contributed by atoms with Crippen LogP contribution in [0, 0.1) is 5.92 Å². The van der Waals surface area contributed by atoms with E-state index in [0.29, 0.717) is 43.0 Å². The van der Waals surface area contributed by atoms with Crippen molar-refractivity contribution < 1.29 is 23.6 Å². The number of hydrogen-bond acceptors (Lipinski definition) is 8. The quantitative estimate of drug-likeness (QED) is 0.142. The predicted octanol–water partition coefficient (Wildman–Crippen LogP) is 4.32. The van der Waals surface area contributed by atoms with Gasteiger partial charge < -0.3 is 20.5 Å². The molecular formula is C40H52N6O5S. The molecule has 2 aromatic carbocycles. The second kappa shape index (κ2) is 18.1. The lowest BCUT2D eigenvalue weighted by Gasteiger charge is -2.41. The Balaban J connectivity index is 1.31. The number of piperidine rings is 1. The molecule has 11 nitrogen and oxygen atoms in total. The number of aliphatic hydroxyl groups excluding tert-OH is 1. The summed E-state index contributed by atoms with van der Waals surface area (Å²) in [5.41, 5.74) is 2.22. The zero-order chi connectivity index (χ0) is 37.3. The second-order valence-electron chi connectivity index (χ2n) is 14.9. The number of ether oxygens (including phenoxy) is 1. The van der Waals surface area contributed by atoms with E-state index < -0.39 is 40.8 Å². The SMILES string of the molecule is CC(C)[C@H](NS(=O)c1ccc2ccccc2n1)C(=O)N[C@@H](Cc1ccccc1)[C@H](O)CN1CC[C@@H](OCc2ccncc2)C[C@H]1C(=O)NC(C)(C)C. The first-order valence-electron chi connectivity index (χ1n) is 18.0. The number of pyridine rings is 2. The third-order valence-corrected chi connectivity index (χ3v) is 10.2. The molecule has 2 amide bonds. The van der Waals surface area contributed by atoms with Crippen LogP contribution < -0.4 is 15.4 Å². The summed E-state index contributed by atoms with van der Waals surface area (Å²) in [5.74, 6) is -0.737. The number of carbonyl (C=O) groups excluding carboxylic acids is 2. The first kappa shape index (κ1) is 39.1. The zero-order valence-electron chi connectivity index (χ0n) is 30.7. The predicted molar refractivity (Wildman–Crippen MR) is 203 cm³/mol. The standard InChI is InChI=1S/C40H52N6O5S/c1-27(2)37(45-52(50)36-16-15-30-13-9-10-14-32(30)42-36)39(49)43-33(23-28-11-7-6-8-12-28)35(47)25-46-22-19-31(51-26-29-17-20-41-21-18-29)24-34(46)38(48)44-40(3,4)5/h6-18,20-21,27,31,33-35,37,45,47H,19,22-26H2,1-5H3,(H,43,49)(H,44,48)/t31-,33+,34+,35-,37+,52?/m1/s1. The topological polar surface area (TPSA) is 146 Å². The highest BCUT2D eigenvalue weighted by Crippen LogP contribution is 2.24. The van der Waals surface area contributed by atoms with E-state index in [0.717, 1.165) is 16.5 Å². The van der Waals surface area contributed by atoms with Gasteiger partial charge in [0, 0.05) is 36.4 Å². The minimum atomic E-state index is -1.77. The molecule has 1 aliphatic rings. The minimum Gasteiger partial charge on any atom is -0.390 e. The number of aromatic nitrogens is 2. The summed E-state index contributed by atoms with van der Waals surface area (Å²) in [5, 5.41) is 19.3. The fourth-order valence-corrected chi connectivity index (χ4v) is 7.48. The molecule has 0 radical (unpaired) electrons. The van der Waals surface area contributed by atoms with Crippen molar-refractivity contribution in [3.8, 4) is 0 Å². The highest BCUT2D eigenvalue weighted by molar-refractivity contribution is 7.83. The van der Waals surface area contributed by atoms with Crippen molar-refractivity contribution in [3.63, 3.8) is 0 Å². The Morgan fingerprint density at radius 2 is 1.69 bits per heavy atom. The Morgan fingerprint density at radius 1 is 0.981 bits per heavy atom. The molecule has 1 unspecified atom stereocenters. The molecule has 12 heteroatoms. The van der Waals surface area contributed by atoms with Crippen LogP contribution in [0.25, 0.3) is 10.9 Å². The largest absolute Gasteiger partial charge is 0.390 e. The van der Waals surface area contributed by atoms with Gasteiger partial charge in [0.25, 0.3) is 0 Å². The molecule has 1 fully saturated rings. The molecule has 4 N–H and O–H groups in total. The fraction of sp³-hybridized carbons (Fsp3) is 0.450. The van der Waals surface area contributed by atoms with E-state index in [4.69, 9.17) is 4.74 Å². The van der Waals surface area contributed by atoms with Crippen molar-refractivity contribution in [2.45, 2.75) is 101 Å². The van der Waals surface area contributed by atoms with Gasteiger partial charge in [-0.3, -0.25) is 19.5 Å². The van der Waals surface area contributed by atoms with Crippen LogP contribution in [0.4, 0.5) is 0 Å². The van der Waals surface area contributed by atoms with Crippen LogP contribution in [0.15, 0.2) is 96.3 Å². The van der Waals surface area contributed by atoms with Gasteiger partial charge in [-0.05, 0) is 87.4 Å². The zero-order valence-corrected chi connectivity index (χ0v) is 31.5. The molecule has 1 saturated heterocycles. The minimum absolute atomic E-state index is 0.130. The summed E-state index contributed by atoms with van der Waals surface area (Å²) in [4.78, 5) is 38.3. The number of nitrogens with one attached hydrogen (secondary N) is 3. The number of β-amino-alcohol motifs (C(OH)–C–C–N with tert-alkyl or cyclic N) is 1. The number of likely N-dealkylation sites (tertiary alicyclic amines) is 1. The maximum absolute atomic E-state index is 14.0. The second-order valence-corrected chi connectivity index (χ2v) is 16.1. The van der Waals surface area contributed by atoms with E-state index in [2.05, 4.69) is 25.3 Å². The Hall–Kier alpha value is -4.07. The van der Waals surface area contributed by atoms with E-state index in [-0.39, 0.29) is 30.4 Å². The lowest BCUT2D eigenvalue weighted by Crippen LogP contribution is -2.60. The Labute approximate surface area is 309 Å². The molecule has 278 valence electrons. The van der Waals surface area contributed by atoms with E-state index >= 15 is 0 Å². The molecular weight excluding hydrogens is 677 g/mol. The normalized spacial score (nSPS) is 19.1. The van der Waals surface area contributed by atoms with Crippen molar-refractivity contribution in [3.05, 3.63) is 102 Å². The van der Waals surface area contributed by atoms with Crippen LogP contribution in [-0.4, -0.2) is 85.0 Å². The molecule has 0 saturated carbocycles. The van der Waals surface area contributed by atoms with Crippen LogP contribution in [0.5, 0.6) is 0 Å². The molecule has 0 spiro atoms. The van der Waals surface area contributed by atoms with E-state index in [1.54, 1.807) is 18.5 Å². The number of benzene rings is 2. The number of amides is 2. The van der Waals surface area contributed by atoms with Crippen LogP contribution in [-0.2, 0) is 38.3 Å². The van der Waals surface area contributed by atoms with E-state index in [1.165, 1.54) is 0 Å². The molecule has 0 aliphatic carbocycles. The summed E-state index contributed by atoms with van der Waals surface area (Å²) >= 11 is 0. The number of hydrogen-bond donors (Lipinski definition) is 4. The number of aliphatic hydroxyl groups is 1. The van der Waals surface area contributed by atoms with Crippen molar-refractivity contribution >= 4 is 33.7 Å². The van der Waals surface area contributed by atoms with Crippen molar-refractivity contribution in [2.75, 3.05) is 13.1 Å². The summed E-state index contributed by atoms with van der Waals surface area (Å²) in [7, 11) is -1.77. The summed E-state index contributed by atoms with van der Waals surface area (Å²) < 4.78 is 22.7. The van der Waals surface area contributed by atoms with Gasteiger partial charge in [-0.2, -0.15) is 0 Å². The number of nitrogens with zero attached hydrogens (tertiary/aromatic N) is 3. The van der Waals surface area contributed by atoms with Crippen LogP contribution in [0.1, 0.15) is 58.6 Å². The molecule has 6 atom stereocenters. The van der Waals surface area contributed by atoms with Gasteiger partial charge in [0.15, 0.2) is 0 Å². The number of carbonyl (C=O) groups is 2. The van der Waals surface area contributed by atoms with Gasteiger partial charge in [0.1, 0.15) is 22.1 Å². The average Bonchev–Trinajstić information content (AvgIpc) is 3.12. The molecule has 4 aromatic rings. The van der Waals surface area contributed by atoms with Gasteiger partial charge in [0.2, 0.25) is 11.8 Å². The highest BCUT2D eigenvalue weighted by Gasteiger charge is 2.38. The fourth-order valence-electron chi connectivity index (χ4n) is 6.38. The Morgan fingerprint density at radius 3 is 2.40 bits per heavy atom. The van der Waals surface area contributed by atoms with Gasteiger partial charge in [0.05, 0.1) is 36.4 Å². The highest BCUT2D eigenvalue weighted by atomic mass is 32.2. The maximum atomic E-state index is 14.0. The van der Waals surface area contributed by atoms with E-state index in [9.17, 15) is 18.9 Å². The first-order valence-corrected chi connectivity index (χ1v) is 19.1. The smallest absolute Gasteiger partial charge is 0.238 e.